The van der Waals surface area contributed by atoms with Gasteiger partial charge in [0.25, 0.3) is 0 Å². The van der Waals surface area contributed by atoms with Gasteiger partial charge in [-0.15, -0.1) is 0 Å². The summed E-state index contributed by atoms with van der Waals surface area (Å²) in [6, 6.07) is 0.106. The first-order chi connectivity index (χ1) is 5.74. The highest BCUT2D eigenvalue weighted by molar-refractivity contribution is 5.76. The van der Waals surface area contributed by atoms with E-state index in [-0.39, 0.29) is 11.9 Å². The molecule has 0 aromatic heterocycles. The van der Waals surface area contributed by atoms with E-state index in [0.29, 0.717) is 19.6 Å². The maximum Gasteiger partial charge on any atom is 0.222 e. The minimum atomic E-state index is 0.00847. The summed E-state index contributed by atoms with van der Waals surface area (Å²) in [5.41, 5.74) is 5.41. The smallest absolute Gasteiger partial charge is 0.222 e. The van der Waals surface area contributed by atoms with Crippen molar-refractivity contribution >= 4 is 5.91 Å². The lowest BCUT2D eigenvalue weighted by atomic mass is 10.2. The predicted octanol–water partition coefficient (Wildman–Crippen LogP) is -0.124. The number of rotatable bonds is 6. The normalized spacial score (nSPS) is 12.6. The highest BCUT2D eigenvalue weighted by Gasteiger charge is 2.07. The Hall–Kier alpha value is -0.610. The van der Waals surface area contributed by atoms with E-state index in [1.54, 1.807) is 7.11 Å². The monoisotopic (exact) mass is 174 g/mol. The van der Waals surface area contributed by atoms with Gasteiger partial charge in [0.2, 0.25) is 5.91 Å². The second kappa shape index (κ2) is 7.06. The van der Waals surface area contributed by atoms with Crippen LogP contribution in [0.3, 0.4) is 0 Å². The second-order valence-electron chi connectivity index (χ2n) is 2.65. The maximum atomic E-state index is 11.1. The van der Waals surface area contributed by atoms with Gasteiger partial charge in [-0.05, 0) is 6.42 Å². The van der Waals surface area contributed by atoms with Gasteiger partial charge in [0.15, 0.2) is 0 Å². The summed E-state index contributed by atoms with van der Waals surface area (Å²) in [7, 11) is 1.58. The molecule has 0 saturated carbocycles. The fourth-order valence-electron chi connectivity index (χ4n) is 0.822. The van der Waals surface area contributed by atoms with E-state index in [1.807, 2.05) is 6.92 Å². The predicted molar refractivity (Wildman–Crippen MR) is 47.8 cm³/mol. The molecule has 0 rings (SSSR count). The number of hydrogen-bond acceptors (Lipinski definition) is 3. The molecule has 1 amide bonds. The zero-order chi connectivity index (χ0) is 9.40. The second-order valence-corrected chi connectivity index (χ2v) is 2.65. The van der Waals surface area contributed by atoms with Gasteiger partial charge in [0.1, 0.15) is 0 Å². The van der Waals surface area contributed by atoms with Gasteiger partial charge in [-0.2, -0.15) is 0 Å². The standard InChI is InChI=1S/C8H18N2O2/c1-3-7(6-9)10-8(11)4-5-12-2/h7H,3-6,9H2,1-2H3,(H,10,11). The highest BCUT2D eigenvalue weighted by Crippen LogP contribution is 1.89. The van der Waals surface area contributed by atoms with Crippen LogP contribution in [0.5, 0.6) is 0 Å². The summed E-state index contributed by atoms with van der Waals surface area (Å²) in [6.07, 6.45) is 1.28. The molecule has 0 aliphatic rings. The molecular weight excluding hydrogens is 156 g/mol. The number of amides is 1. The molecule has 0 aliphatic carbocycles. The third-order valence-corrected chi connectivity index (χ3v) is 1.68. The highest BCUT2D eigenvalue weighted by atomic mass is 16.5. The molecule has 0 aliphatic heterocycles. The van der Waals surface area contributed by atoms with Crippen LogP contribution in [-0.2, 0) is 9.53 Å². The Morgan fingerprint density at radius 3 is 2.75 bits per heavy atom. The summed E-state index contributed by atoms with van der Waals surface area (Å²) < 4.78 is 4.77. The molecular formula is C8H18N2O2. The fraction of sp³-hybridized carbons (Fsp3) is 0.875. The Morgan fingerprint density at radius 1 is 1.67 bits per heavy atom. The topological polar surface area (TPSA) is 64.3 Å². The molecule has 12 heavy (non-hydrogen) atoms. The van der Waals surface area contributed by atoms with Crippen molar-refractivity contribution in [1.82, 2.24) is 5.32 Å². The molecule has 0 spiro atoms. The molecule has 0 saturated heterocycles. The van der Waals surface area contributed by atoms with Crippen molar-refractivity contribution in [2.45, 2.75) is 25.8 Å². The number of nitrogens with one attached hydrogen (secondary N) is 1. The number of hydrogen-bond donors (Lipinski definition) is 2. The molecule has 0 aromatic carbocycles. The quantitative estimate of drug-likeness (QED) is 0.590. The first kappa shape index (κ1) is 11.4. The van der Waals surface area contributed by atoms with E-state index in [9.17, 15) is 4.79 Å². The van der Waals surface area contributed by atoms with Crippen LogP contribution in [0.4, 0.5) is 0 Å². The molecule has 4 nitrogen and oxygen atoms in total. The lowest BCUT2D eigenvalue weighted by Crippen LogP contribution is -2.39. The summed E-state index contributed by atoms with van der Waals surface area (Å²) >= 11 is 0. The van der Waals surface area contributed by atoms with Crippen molar-refractivity contribution in [1.29, 1.82) is 0 Å². The van der Waals surface area contributed by atoms with Crippen molar-refractivity contribution < 1.29 is 9.53 Å². The van der Waals surface area contributed by atoms with Crippen LogP contribution >= 0.6 is 0 Å². The van der Waals surface area contributed by atoms with Gasteiger partial charge >= 0.3 is 0 Å². The van der Waals surface area contributed by atoms with E-state index in [4.69, 9.17) is 10.5 Å². The largest absolute Gasteiger partial charge is 0.384 e. The molecule has 3 N–H and O–H groups in total. The Balaban J connectivity index is 3.52. The zero-order valence-corrected chi connectivity index (χ0v) is 7.80. The van der Waals surface area contributed by atoms with Crippen LogP contribution < -0.4 is 11.1 Å². The van der Waals surface area contributed by atoms with Crippen LogP contribution in [0.2, 0.25) is 0 Å². The minimum absolute atomic E-state index is 0.00847. The Morgan fingerprint density at radius 2 is 2.33 bits per heavy atom. The Kier molecular flexibility index (Phi) is 6.70. The van der Waals surface area contributed by atoms with Crippen LogP contribution in [0.15, 0.2) is 0 Å². The van der Waals surface area contributed by atoms with Crippen LogP contribution in [0.1, 0.15) is 19.8 Å². The van der Waals surface area contributed by atoms with Gasteiger partial charge < -0.3 is 15.8 Å². The molecule has 1 atom stereocenters. The SMILES string of the molecule is CCC(CN)NC(=O)CCOC. The van der Waals surface area contributed by atoms with Crippen molar-refractivity contribution in [3.05, 3.63) is 0 Å². The van der Waals surface area contributed by atoms with Gasteiger partial charge in [-0.3, -0.25) is 4.79 Å². The molecule has 0 heterocycles. The number of nitrogens with two attached hydrogens (primary N) is 1. The lowest BCUT2D eigenvalue weighted by Gasteiger charge is -2.13. The number of methoxy groups -OCH3 is 1. The van der Waals surface area contributed by atoms with Crippen LogP contribution in [-0.4, -0.2) is 32.2 Å². The molecule has 0 radical (unpaired) electrons. The molecule has 72 valence electrons. The van der Waals surface area contributed by atoms with Gasteiger partial charge in [-0.25, -0.2) is 0 Å². The van der Waals surface area contributed by atoms with Crippen LogP contribution in [0, 0.1) is 0 Å². The average molecular weight is 174 g/mol. The van der Waals surface area contributed by atoms with E-state index in [0.717, 1.165) is 6.42 Å². The summed E-state index contributed by atoms with van der Waals surface area (Å²) in [6.45, 7) is 2.95. The maximum absolute atomic E-state index is 11.1. The molecule has 0 bridgehead atoms. The molecule has 0 aromatic rings. The van der Waals surface area contributed by atoms with Crippen LogP contribution in [0.25, 0.3) is 0 Å². The molecule has 1 unspecified atom stereocenters. The average Bonchev–Trinajstić information content (AvgIpc) is 2.10. The van der Waals surface area contributed by atoms with Crippen molar-refractivity contribution in [3.63, 3.8) is 0 Å². The van der Waals surface area contributed by atoms with E-state index in [1.165, 1.54) is 0 Å². The first-order valence-corrected chi connectivity index (χ1v) is 4.23. The van der Waals surface area contributed by atoms with Crippen molar-refractivity contribution in [2.75, 3.05) is 20.3 Å². The van der Waals surface area contributed by atoms with E-state index < -0.39 is 0 Å². The van der Waals surface area contributed by atoms with Gasteiger partial charge in [-0.1, -0.05) is 6.92 Å². The molecule has 0 fully saturated rings. The summed E-state index contributed by atoms with van der Waals surface area (Å²) in [4.78, 5) is 11.1. The Labute approximate surface area is 73.5 Å². The van der Waals surface area contributed by atoms with E-state index >= 15 is 0 Å². The zero-order valence-electron chi connectivity index (χ0n) is 7.80. The first-order valence-electron chi connectivity index (χ1n) is 4.23. The molecule has 4 heteroatoms. The number of ether oxygens (including phenoxy) is 1. The Bertz CT molecular complexity index is 124. The minimum Gasteiger partial charge on any atom is -0.384 e. The van der Waals surface area contributed by atoms with Gasteiger partial charge in [0.05, 0.1) is 6.61 Å². The number of carbonyl (C=O) groups excluding carboxylic acids is 1. The van der Waals surface area contributed by atoms with Crippen molar-refractivity contribution in [2.24, 2.45) is 5.73 Å². The lowest BCUT2D eigenvalue weighted by molar-refractivity contribution is -0.122. The third-order valence-electron chi connectivity index (χ3n) is 1.68. The summed E-state index contributed by atoms with van der Waals surface area (Å²) in [5.74, 6) is 0.00847. The summed E-state index contributed by atoms with van der Waals surface area (Å²) in [5, 5.41) is 2.81. The van der Waals surface area contributed by atoms with E-state index in [2.05, 4.69) is 5.32 Å². The van der Waals surface area contributed by atoms with Crippen molar-refractivity contribution in [3.8, 4) is 0 Å². The third kappa shape index (κ3) is 5.09. The number of carbonyl (C=O) groups is 1. The van der Waals surface area contributed by atoms with Gasteiger partial charge in [0, 0.05) is 26.1 Å². The fourth-order valence-corrected chi connectivity index (χ4v) is 0.822.